The van der Waals surface area contributed by atoms with Crippen molar-refractivity contribution >= 4 is 23.1 Å². The van der Waals surface area contributed by atoms with E-state index in [0.717, 1.165) is 31.2 Å². The van der Waals surface area contributed by atoms with E-state index in [9.17, 15) is 0 Å². The van der Waals surface area contributed by atoms with Crippen molar-refractivity contribution in [1.82, 2.24) is 4.98 Å². The molecule has 0 bridgehead atoms. The number of rotatable bonds is 5. The fraction of sp³-hybridized carbons (Fsp3) is 0.583. The monoisotopic (exact) mass is 239 g/mol. The SMILES string of the molecule is CCCN(CC1CC1)c1ncc(N)cc1Cl. The third kappa shape index (κ3) is 2.79. The standard InChI is InChI=1S/C12H18ClN3/c1-2-5-16(8-9-3-4-9)12-11(13)6-10(14)7-15-12/h6-7,9H,2-5,8,14H2,1H3. The van der Waals surface area contributed by atoms with Crippen molar-refractivity contribution in [3.05, 3.63) is 17.3 Å². The van der Waals surface area contributed by atoms with Gasteiger partial charge in [0.15, 0.2) is 0 Å². The van der Waals surface area contributed by atoms with Gasteiger partial charge in [0.2, 0.25) is 0 Å². The van der Waals surface area contributed by atoms with Gasteiger partial charge >= 0.3 is 0 Å². The van der Waals surface area contributed by atoms with Crippen molar-refractivity contribution in [3.8, 4) is 0 Å². The van der Waals surface area contributed by atoms with E-state index in [0.29, 0.717) is 10.7 Å². The number of hydrogen-bond donors (Lipinski definition) is 1. The van der Waals surface area contributed by atoms with E-state index in [1.807, 2.05) is 0 Å². The summed E-state index contributed by atoms with van der Waals surface area (Å²) in [7, 11) is 0. The predicted molar refractivity (Wildman–Crippen MR) is 68.9 cm³/mol. The van der Waals surface area contributed by atoms with Gasteiger partial charge in [0, 0.05) is 13.1 Å². The summed E-state index contributed by atoms with van der Waals surface area (Å²) in [6.07, 6.45) is 5.46. The maximum Gasteiger partial charge on any atom is 0.147 e. The maximum absolute atomic E-state index is 6.18. The molecule has 0 aromatic carbocycles. The van der Waals surface area contributed by atoms with Gasteiger partial charge in [-0.15, -0.1) is 0 Å². The Hall–Kier alpha value is -0.960. The molecule has 2 rings (SSSR count). The first-order valence-corrected chi connectivity index (χ1v) is 6.24. The fourth-order valence-corrected chi connectivity index (χ4v) is 2.14. The molecule has 1 aromatic rings. The summed E-state index contributed by atoms with van der Waals surface area (Å²) in [5.41, 5.74) is 6.27. The Balaban J connectivity index is 2.15. The summed E-state index contributed by atoms with van der Waals surface area (Å²) in [5, 5.41) is 0.661. The molecule has 0 amide bonds. The highest BCUT2D eigenvalue weighted by atomic mass is 35.5. The summed E-state index contributed by atoms with van der Waals surface area (Å²) in [6.45, 7) is 4.25. The molecule has 0 spiro atoms. The average molecular weight is 240 g/mol. The number of nitrogens with zero attached hydrogens (tertiary/aromatic N) is 2. The topological polar surface area (TPSA) is 42.2 Å². The third-order valence-corrected chi connectivity index (χ3v) is 3.09. The molecule has 0 aliphatic heterocycles. The highest BCUT2D eigenvalue weighted by molar-refractivity contribution is 6.33. The first-order valence-electron chi connectivity index (χ1n) is 5.86. The Morgan fingerprint density at radius 1 is 1.56 bits per heavy atom. The van der Waals surface area contributed by atoms with E-state index in [1.54, 1.807) is 12.3 Å². The third-order valence-electron chi connectivity index (χ3n) is 2.81. The van der Waals surface area contributed by atoms with Crippen LogP contribution in [0.4, 0.5) is 11.5 Å². The van der Waals surface area contributed by atoms with E-state index in [1.165, 1.54) is 12.8 Å². The number of aromatic nitrogens is 1. The van der Waals surface area contributed by atoms with Gasteiger partial charge in [0.25, 0.3) is 0 Å². The van der Waals surface area contributed by atoms with Crippen LogP contribution in [0, 0.1) is 5.92 Å². The highest BCUT2D eigenvalue weighted by Gasteiger charge is 2.25. The van der Waals surface area contributed by atoms with Crippen LogP contribution < -0.4 is 10.6 Å². The van der Waals surface area contributed by atoms with Gasteiger partial charge in [-0.25, -0.2) is 4.98 Å². The number of nitrogen functional groups attached to an aromatic ring is 1. The van der Waals surface area contributed by atoms with Gasteiger partial charge in [0.1, 0.15) is 5.82 Å². The molecule has 3 nitrogen and oxygen atoms in total. The molecule has 1 fully saturated rings. The maximum atomic E-state index is 6.18. The zero-order chi connectivity index (χ0) is 11.5. The molecule has 0 unspecified atom stereocenters. The minimum absolute atomic E-state index is 0.622. The Morgan fingerprint density at radius 3 is 2.88 bits per heavy atom. The van der Waals surface area contributed by atoms with Gasteiger partial charge in [-0.2, -0.15) is 0 Å². The van der Waals surface area contributed by atoms with Crippen molar-refractivity contribution in [2.75, 3.05) is 23.7 Å². The Labute approximate surface area is 102 Å². The number of pyridine rings is 1. The Morgan fingerprint density at radius 2 is 2.31 bits per heavy atom. The van der Waals surface area contributed by atoms with E-state index >= 15 is 0 Å². The van der Waals surface area contributed by atoms with E-state index in [4.69, 9.17) is 17.3 Å². The number of hydrogen-bond acceptors (Lipinski definition) is 3. The van der Waals surface area contributed by atoms with Crippen LogP contribution in [0.25, 0.3) is 0 Å². The zero-order valence-corrected chi connectivity index (χ0v) is 10.4. The van der Waals surface area contributed by atoms with Crippen LogP contribution >= 0.6 is 11.6 Å². The van der Waals surface area contributed by atoms with Crippen molar-refractivity contribution in [2.45, 2.75) is 26.2 Å². The lowest BCUT2D eigenvalue weighted by Crippen LogP contribution is -2.27. The van der Waals surface area contributed by atoms with Gasteiger partial charge in [-0.3, -0.25) is 0 Å². The van der Waals surface area contributed by atoms with Gasteiger partial charge < -0.3 is 10.6 Å². The molecule has 0 saturated heterocycles. The summed E-state index contributed by atoms with van der Waals surface area (Å²) in [6, 6.07) is 1.78. The zero-order valence-electron chi connectivity index (χ0n) is 9.62. The lowest BCUT2D eigenvalue weighted by molar-refractivity contribution is 0.699. The fourth-order valence-electron chi connectivity index (χ4n) is 1.84. The van der Waals surface area contributed by atoms with Gasteiger partial charge in [-0.05, 0) is 31.2 Å². The Kier molecular flexibility index (Phi) is 3.54. The number of halogens is 1. The van der Waals surface area contributed by atoms with Gasteiger partial charge in [-0.1, -0.05) is 18.5 Å². The molecule has 1 aliphatic rings. The predicted octanol–water partition coefficient (Wildman–Crippen LogP) is 2.94. The van der Waals surface area contributed by atoms with Gasteiger partial charge in [0.05, 0.1) is 16.9 Å². The molecular formula is C12H18ClN3. The average Bonchev–Trinajstić information content (AvgIpc) is 3.01. The molecular weight excluding hydrogens is 222 g/mol. The molecule has 1 aliphatic carbocycles. The van der Waals surface area contributed by atoms with Crippen LogP contribution in [0.2, 0.25) is 5.02 Å². The van der Waals surface area contributed by atoms with Crippen molar-refractivity contribution in [1.29, 1.82) is 0 Å². The molecule has 88 valence electrons. The molecule has 1 heterocycles. The molecule has 16 heavy (non-hydrogen) atoms. The van der Waals surface area contributed by atoms with E-state index in [-0.39, 0.29) is 0 Å². The minimum Gasteiger partial charge on any atom is -0.397 e. The lowest BCUT2D eigenvalue weighted by Gasteiger charge is -2.24. The highest BCUT2D eigenvalue weighted by Crippen LogP contribution is 2.33. The van der Waals surface area contributed by atoms with Crippen molar-refractivity contribution in [2.24, 2.45) is 5.92 Å². The summed E-state index contributed by atoms with van der Waals surface area (Å²) in [4.78, 5) is 6.62. The largest absolute Gasteiger partial charge is 0.397 e. The van der Waals surface area contributed by atoms with Crippen LogP contribution in [-0.4, -0.2) is 18.1 Å². The molecule has 2 N–H and O–H groups in total. The molecule has 0 atom stereocenters. The second kappa shape index (κ2) is 4.91. The molecule has 0 radical (unpaired) electrons. The number of anilines is 2. The Bertz CT molecular complexity index is 363. The smallest absolute Gasteiger partial charge is 0.147 e. The second-order valence-electron chi connectivity index (χ2n) is 4.46. The first-order chi connectivity index (χ1) is 7.70. The summed E-state index contributed by atoms with van der Waals surface area (Å²) < 4.78 is 0. The van der Waals surface area contributed by atoms with Crippen molar-refractivity contribution < 1.29 is 0 Å². The van der Waals surface area contributed by atoms with Crippen LogP contribution in [0.1, 0.15) is 26.2 Å². The van der Waals surface area contributed by atoms with E-state index in [2.05, 4.69) is 16.8 Å². The second-order valence-corrected chi connectivity index (χ2v) is 4.87. The first kappa shape index (κ1) is 11.5. The molecule has 1 saturated carbocycles. The normalized spacial score (nSPS) is 15.1. The van der Waals surface area contributed by atoms with Crippen LogP contribution in [0.15, 0.2) is 12.3 Å². The van der Waals surface area contributed by atoms with Crippen LogP contribution in [-0.2, 0) is 0 Å². The molecule has 1 aromatic heterocycles. The lowest BCUT2D eigenvalue weighted by atomic mass is 10.3. The molecule has 4 heteroatoms. The number of nitrogens with two attached hydrogens (primary N) is 1. The summed E-state index contributed by atoms with van der Waals surface area (Å²) in [5.74, 6) is 1.71. The minimum atomic E-state index is 0.622. The quantitative estimate of drug-likeness (QED) is 0.859. The van der Waals surface area contributed by atoms with Crippen LogP contribution in [0.3, 0.4) is 0 Å². The van der Waals surface area contributed by atoms with Crippen molar-refractivity contribution in [3.63, 3.8) is 0 Å². The van der Waals surface area contributed by atoms with E-state index < -0.39 is 0 Å². The van der Waals surface area contributed by atoms with Crippen LogP contribution in [0.5, 0.6) is 0 Å². The summed E-state index contributed by atoms with van der Waals surface area (Å²) >= 11 is 6.18.